The lowest BCUT2D eigenvalue weighted by atomic mass is 10.3. The Morgan fingerprint density at radius 3 is 2.89 bits per heavy atom. The molecule has 0 aliphatic carbocycles. The van der Waals surface area contributed by atoms with E-state index < -0.39 is 0 Å². The highest BCUT2D eigenvalue weighted by Gasteiger charge is 2.06. The highest BCUT2D eigenvalue weighted by molar-refractivity contribution is 5.76. The summed E-state index contributed by atoms with van der Waals surface area (Å²) in [6.45, 7) is 1.05. The third-order valence-electron chi connectivity index (χ3n) is 1.39. The first-order valence-electron chi connectivity index (χ1n) is 3.15. The van der Waals surface area contributed by atoms with Gasteiger partial charge in [-0.1, -0.05) is 0 Å². The van der Waals surface area contributed by atoms with E-state index >= 15 is 0 Å². The summed E-state index contributed by atoms with van der Waals surface area (Å²) in [5, 5.41) is 6.03. The van der Waals surface area contributed by atoms with Crippen LogP contribution in [0.15, 0.2) is 5.10 Å². The first kappa shape index (κ1) is 6.39. The van der Waals surface area contributed by atoms with Crippen LogP contribution in [0, 0.1) is 0 Å². The van der Waals surface area contributed by atoms with Gasteiger partial charge in [-0.2, -0.15) is 0 Å². The van der Waals surface area contributed by atoms with Gasteiger partial charge < -0.3 is 4.74 Å². The molecule has 0 N–H and O–H groups in total. The molecule has 9 heavy (non-hydrogen) atoms. The fourth-order valence-corrected chi connectivity index (χ4v) is 0.892. The van der Waals surface area contributed by atoms with E-state index in [0.717, 1.165) is 25.3 Å². The molecule has 0 atom stereocenters. The maximum absolute atomic E-state index is 4.97. The molecule has 52 valence electrons. The third kappa shape index (κ3) is 1.59. The summed E-state index contributed by atoms with van der Waals surface area (Å²) in [5.41, 5.74) is 0. The minimum absolute atomic E-state index is 0.851. The largest absolute Gasteiger partial charge is 0.483 e. The van der Waals surface area contributed by atoms with Crippen molar-refractivity contribution in [3.05, 3.63) is 0 Å². The Labute approximate surface area is 55.3 Å². The van der Waals surface area contributed by atoms with E-state index in [-0.39, 0.29) is 0 Å². The molecular formula is C6H12N2O. The van der Waals surface area contributed by atoms with Gasteiger partial charge in [-0.15, -0.1) is 5.10 Å². The van der Waals surface area contributed by atoms with Crippen LogP contribution in [-0.4, -0.2) is 31.6 Å². The molecule has 0 aromatic carbocycles. The average Bonchev–Trinajstić information content (AvgIpc) is 1.88. The molecule has 1 rings (SSSR count). The topological polar surface area (TPSA) is 24.8 Å². The number of hydrogen-bond donors (Lipinski definition) is 0. The quantitative estimate of drug-likeness (QED) is 0.479. The van der Waals surface area contributed by atoms with Crippen molar-refractivity contribution < 1.29 is 4.74 Å². The van der Waals surface area contributed by atoms with Crippen LogP contribution in [0.4, 0.5) is 0 Å². The van der Waals surface area contributed by atoms with Gasteiger partial charge in [-0.25, -0.2) is 0 Å². The Balaban J connectivity index is 2.49. The number of methoxy groups -OCH3 is 1. The molecule has 0 radical (unpaired) electrons. The second-order valence-corrected chi connectivity index (χ2v) is 2.18. The molecule has 0 saturated carbocycles. The molecule has 0 unspecified atom stereocenters. The normalized spacial score (nSPS) is 19.3. The average molecular weight is 128 g/mol. The summed E-state index contributed by atoms with van der Waals surface area (Å²) >= 11 is 0. The van der Waals surface area contributed by atoms with Crippen LogP contribution in [0.3, 0.4) is 0 Å². The zero-order valence-corrected chi connectivity index (χ0v) is 5.92. The van der Waals surface area contributed by atoms with E-state index in [1.165, 1.54) is 0 Å². The molecular weight excluding hydrogens is 116 g/mol. The van der Waals surface area contributed by atoms with Crippen molar-refractivity contribution in [3.8, 4) is 0 Å². The van der Waals surface area contributed by atoms with Crippen molar-refractivity contribution in [1.82, 2.24) is 5.01 Å². The number of ether oxygens (including phenoxy) is 1. The first-order chi connectivity index (χ1) is 4.33. The number of hydrazone groups is 1. The second kappa shape index (κ2) is 2.71. The van der Waals surface area contributed by atoms with Crippen molar-refractivity contribution in [3.63, 3.8) is 0 Å². The van der Waals surface area contributed by atoms with E-state index in [1.54, 1.807) is 7.11 Å². The van der Waals surface area contributed by atoms with Gasteiger partial charge in [0.1, 0.15) is 0 Å². The zero-order chi connectivity index (χ0) is 6.69. The summed E-state index contributed by atoms with van der Waals surface area (Å²) in [6, 6.07) is 0. The Morgan fingerprint density at radius 1 is 1.67 bits per heavy atom. The first-order valence-corrected chi connectivity index (χ1v) is 3.15. The van der Waals surface area contributed by atoms with Crippen molar-refractivity contribution in [2.24, 2.45) is 5.10 Å². The predicted octanol–water partition coefficient (Wildman–Crippen LogP) is 0.672. The van der Waals surface area contributed by atoms with Crippen LogP contribution in [0.5, 0.6) is 0 Å². The van der Waals surface area contributed by atoms with Crippen LogP contribution < -0.4 is 0 Å². The predicted molar refractivity (Wildman–Crippen MR) is 36.3 cm³/mol. The maximum Gasteiger partial charge on any atom is 0.205 e. The van der Waals surface area contributed by atoms with Crippen LogP contribution >= 0.6 is 0 Å². The Kier molecular flexibility index (Phi) is 1.92. The smallest absolute Gasteiger partial charge is 0.205 e. The minimum Gasteiger partial charge on any atom is -0.483 e. The highest BCUT2D eigenvalue weighted by Crippen LogP contribution is 2.04. The molecule has 0 saturated heterocycles. The fourth-order valence-electron chi connectivity index (χ4n) is 0.892. The van der Waals surface area contributed by atoms with Gasteiger partial charge in [0.2, 0.25) is 5.90 Å². The second-order valence-electron chi connectivity index (χ2n) is 2.18. The molecule has 3 nitrogen and oxygen atoms in total. The molecule has 1 heterocycles. The monoisotopic (exact) mass is 128 g/mol. The number of hydrogen-bond acceptors (Lipinski definition) is 3. The molecule has 0 aromatic heterocycles. The zero-order valence-electron chi connectivity index (χ0n) is 5.92. The van der Waals surface area contributed by atoms with E-state index in [0.29, 0.717) is 0 Å². The number of nitrogens with zero attached hydrogens (tertiary/aromatic N) is 2. The van der Waals surface area contributed by atoms with Crippen molar-refractivity contribution in [2.75, 3.05) is 20.7 Å². The molecule has 0 aromatic rings. The van der Waals surface area contributed by atoms with Gasteiger partial charge in [-0.3, -0.25) is 5.01 Å². The molecule has 0 amide bonds. The van der Waals surface area contributed by atoms with Gasteiger partial charge >= 0.3 is 0 Å². The third-order valence-corrected chi connectivity index (χ3v) is 1.39. The molecule has 0 spiro atoms. The molecule has 0 bridgehead atoms. The fraction of sp³-hybridized carbons (Fsp3) is 0.833. The maximum atomic E-state index is 4.97. The van der Waals surface area contributed by atoms with Gasteiger partial charge in [0.05, 0.1) is 7.11 Å². The Morgan fingerprint density at radius 2 is 2.44 bits per heavy atom. The van der Waals surface area contributed by atoms with Crippen LogP contribution in [0.25, 0.3) is 0 Å². The summed E-state index contributed by atoms with van der Waals surface area (Å²) in [7, 11) is 3.62. The van der Waals surface area contributed by atoms with Gasteiger partial charge in [0.15, 0.2) is 0 Å². The van der Waals surface area contributed by atoms with E-state index in [9.17, 15) is 0 Å². The summed E-state index contributed by atoms with van der Waals surface area (Å²) in [5.74, 6) is 0.851. The lowest BCUT2D eigenvalue weighted by Gasteiger charge is -2.19. The number of rotatable bonds is 0. The lowest BCUT2D eigenvalue weighted by molar-refractivity contribution is 0.285. The Bertz CT molecular complexity index is 122. The van der Waals surface area contributed by atoms with Gasteiger partial charge in [0, 0.05) is 20.0 Å². The van der Waals surface area contributed by atoms with Crippen molar-refractivity contribution in [2.45, 2.75) is 12.8 Å². The molecule has 1 aliphatic rings. The van der Waals surface area contributed by atoms with E-state index in [1.807, 2.05) is 12.1 Å². The van der Waals surface area contributed by atoms with Crippen LogP contribution in [-0.2, 0) is 4.74 Å². The lowest BCUT2D eigenvalue weighted by Crippen LogP contribution is -2.22. The SMILES string of the molecule is COC1=NN(C)CCC1. The standard InChI is InChI=1S/C6H12N2O/c1-8-5-3-4-6(7-8)9-2/h3-5H2,1-2H3. The highest BCUT2D eigenvalue weighted by atomic mass is 16.5. The van der Waals surface area contributed by atoms with Crippen molar-refractivity contribution in [1.29, 1.82) is 0 Å². The molecule has 3 heteroatoms. The summed E-state index contributed by atoms with van der Waals surface area (Å²) < 4.78 is 4.97. The molecule has 0 fully saturated rings. The summed E-state index contributed by atoms with van der Waals surface area (Å²) in [6.07, 6.45) is 2.14. The van der Waals surface area contributed by atoms with E-state index in [4.69, 9.17) is 4.74 Å². The Hall–Kier alpha value is -0.730. The van der Waals surface area contributed by atoms with Crippen molar-refractivity contribution >= 4 is 5.90 Å². The molecule has 1 aliphatic heterocycles. The summed E-state index contributed by atoms with van der Waals surface area (Å²) in [4.78, 5) is 0. The van der Waals surface area contributed by atoms with Crippen LogP contribution in [0.1, 0.15) is 12.8 Å². The van der Waals surface area contributed by atoms with Gasteiger partial charge in [-0.05, 0) is 6.42 Å². The van der Waals surface area contributed by atoms with E-state index in [2.05, 4.69) is 5.10 Å². The van der Waals surface area contributed by atoms with Crippen LogP contribution in [0.2, 0.25) is 0 Å². The minimum atomic E-state index is 0.851. The van der Waals surface area contributed by atoms with Gasteiger partial charge in [0.25, 0.3) is 0 Å².